The molecular weight excluding hydrogens is 228 g/mol. The van der Waals surface area contributed by atoms with Crippen LogP contribution in [-0.2, 0) is 4.43 Å². The highest BCUT2D eigenvalue weighted by molar-refractivity contribution is 6.46. The number of hydrogen-bond donors (Lipinski definition) is 0. The standard InChI is InChI=1S/C14H16O2Si/c1-3-7-13(8-4-1)15-11-12-16-17-14-9-5-2-6-10-14/h1-10H,11-12,17H2. The van der Waals surface area contributed by atoms with Gasteiger partial charge in [0.2, 0.25) is 0 Å². The molecule has 0 aliphatic carbocycles. The van der Waals surface area contributed by atoms with E-state index in [9.17, 15) is 0 Å². The van der Waals surface area contributed by atoms with Gasteiger partial charge in [0.05, 0.1) is 6.61 Å². The maximum absolute atomic E-state index is 5.66. The fourth-order valence-corrected chi connectivity index (χ4v) is 2.46. The Kier molecular flexibility index (Phi) is 4.81. The molecule has 3 heteroatoms. The van der Waals surface area contributed by atoms with Crippen molar-refractivity contribution >= 4 is 14.9 Å². The van der Waals surface area contributed by atoms with Gasteiger partial charge in [0.15, 0.2) is 9.76 Å². The van der Waals surface area contributed by atoms with E-state index in [1.165, 1.54) is 5.19 Å². The van der Waals surface area contributed by atoms with Crippen molar-refractivity contribution in [3.05, 3.63) is 60.7 Å². The molecule has 0 heterocycles. The van der Waals surface area contributed by atoms with E-state index in [0.717, 1.165) is 5.75 Å². The lowest BCUT2D eigenvalue weighted by Crippen LogP contribution is -2.19. The summed E-state index contributed by atoms with van der Waals surface area (Å²) in [6.45, 7) is 1.28. The highest BCUT2D eigenvalue weighted by Crippen LogP contribution is 2.07. The summed E-state index contributed by atoms with van der Waals surface area (Å²) in [5, 5.41) is 1.33. The topological polar surface area (TPSA) is 18.5 Å². The van der Waals surface area contributed by atoms with E-state index >= 15 is 0 Å². The molecule has 88 valence electrons. The number of hydrogen-bond acceptors (Lipinski definition) is 2. The van der Waals surface area contributed by atoms with E-state index in [-0.39, 0.29) is 0 Å². The molecule has 2 aromatic carbocycles. The lowest BCUT2D eigenvalue weighted by Gasteiger charge is -2.06. The maximum Gasteiger partial charge on any atom is 0.192 e. The van der Waals surface area contributed by atoms with Gasteiger partial charge in [0.25, 0.3) is 0 Å². The molecule has 0 bridgehead atoms. The summed E-state index contributed by atoms with van der Waals surface area (Å²) in [4.78, 5) is 0. The average molecular weight is 244 g/mol. The van der Waals surface area contributed by atoms with Crippen LogP contribution in [0.3, 0.4) is 0 Å². The minimum Gasteiger partial charge on any atom is -0.491 e. The van der Waals surface area contributed by atoms with Crippen LogP contribution >= 0.6 is 0 Å². The van der Waals surface area contributed by atoms with E-state index in [1.807, 2.05) is 48.5 Å². The highest BCUT2D eigenvalue weighted by Gasteiger charge is 1.94. The van der Waals surface area contributed by atoms with Gasteiger partial charge in [-0.3, -0.25) is 0 Å². The molecule has 0 saturated carbocycles. The van der Waals surface area contributed by atoms with Crippen LogP contribution in [0.2, 0.25) is 0 Å². The number of rotatable bonds is 6. The first-order valence-electron chi connectivity index (χ1n) is 5.75. The lowest BCUT2D eigenvalue weighted by molar-refractivity contribution is 0.226. The van der Waals surface area contributed by atoms with E-state index in [0.29, 0.717) is 13.2 Å². The van der Waals surface area contributed by atoms with Gasteiger partial charge < -0.3 is 9.16 Å². The minimum atomic E-state index is -0.592. The predicted octanol–water partition coefficient (Wildman–Crippen LogP) is 1.49. The van der Waals surface area contributed by atoms with Gasteiger partial charge in [-0.2, -0.15) is 0 Å². The van der Waals surface area contributed by atoms with Crippen molar-refractivity contribution in [2.75, 3.05) is 13.2 Å². The molecule has 0 spiro atoms. The summed E-state index contributed by atoms with van der Waals surface area (Å²) in [6.07, 6.45) is 0. The Morgan fingerprint density at radius 3 is 2.12 bits per heavy atom. The Morgan fingerprint density at radius 1 is 0.765 bits per heavy atom. The predicted molar refractivity (Wildman–Crippen MR) is 72.5 cm³/mol. The third kappa shape index (κ3) is 4.42. The monoisotopic (exact) mass is 244 g/mol. The first-order valence-corrected chi connectivity index (χ1v) is 7.03. The van der Waals surface area contributed by atoms with Crippen molar-refractivity contribution in [2.24, 2.45) is 0 Å². The second-order valence-electron chi connectivity index (χ2n) is 3.70. The van der Waals surface area contributed by atoms with Crippen molar-refractivity contribution in [1.82, 2.24) is 0 Å². The zero-order valence-corrected chi connectivity index (χ0v) is 11.1. The number of para-hydroxylation sites is 1. The fraction of sp³-hybridized carbons (Fsp3) is 0.143. The van der Waals surface area contributed by atoms with Crippen molar-refractivity contribution in [1.29, 1.82) is 0 Å². The van der Waals surface area contributed by atoms with Gasteiger partial charge in [-0.05, 0) is 17.3 Å². The van der Waals surface area contributed by atoms with Crippen LogP contribution in [0.1, 0.15) is 0 Å². The van der Waals surface area contributed by atoms with E-state index in [2.05, 4.69) is 12.1 Å². The van der Waals surface area contributed by atoms with Crippen LogP contribution in [0.15, 0.2) is 60.7 Å². The molecule has 2 rings (SSSR count). The molecular formula is C14H16O2Si. The molecule has 0 N–H and O–H groups in total. The minimum absolute atomic E-state index is 0.592. The maximum atomic E-state index is 5.66. The van der Waals surface area contributed by atoms with Gasteiger partial charge in [-0.1, -0.05) is 48.5 Å². The van der Waals surface area contributed by atoms with E-state index in [4.69, 9.17) is 9.16 Å². The second kappa shape index (κ2) is 6.88. The second-order valence-corrected chi connectivity index (χ2v) is 5.21. The molecule has 0 amide bonds. The normalized spacial score (nSPS) is 10.8. The lowest BCUT2D eigenvalue weighted by atomic mass is 10.3. The molecule has 0 aromatic heterocycles. The van der Waals surface area contributed by atoms with Gasteiger partial charge in [-0.25, -0.2) is 0 Å². The summed E-state index contributed by atoms with van der Waals surface area (Å²) in [6, 6.07) is 20.2. The molecule has 2 aromatic rings. The first-order chi connectivity index (χ1) is 8.45. The Hall–Kier alpha value is -1.58. The number of ether oxygens (including phenoxy) is 1. The number of benzene rings is 2. The third-order valence-electron chi connectivity index (χ3n) is 2.35. The summed E-state index contributed by atoms with van der Waals surface area (Å²) >= 11 is 0. The molecule has 2 nitrogen and oxygen atoms in total. The Labute approximate surface area is 104 Å². The SMILES string of the molecule is c1ccc(OCCO[SiH2]c2ccccc2)cc1. The van der Waals surface area contributed by atoms with Crippen LogP contribution in [-0.4, -0.2) is 23.0 Å². The summed E-state index contributed by atoms with van der Waals surface area (Å²) in [5.41, 5.74) is 0. The average Bonchev–Trinajstić information content (AvgIpc) is 2.41. The zero-order chi connectivity index (χ0) is 11.8. The van der Waals surface area contributed by atoms with Gasteiger partial charge in [0.1, 0.15) is 12.4 Å². The van der Waals surface area contributed by atoms with Gasteiger partial charge in [-0.15, -0.1) is 0 Å². The van der Waals surface area contributed by atoms with Crippen molar-refractivity contribution in [3.8, 4) is 5.75 Å². The van der Waals surface area contributed by atoms with E-state index < -0.39 is 9.76 Å². The van der Waals surface area contributed by atoms with Crippen molar-refractivity contribution in [3.63, 3.8) is 0 Å². The summed E-state index contributed by atoms with van der Waals surface area (Å²) in [7, 11) is -0.592. The van der Waals surface area contributed by atoms with Crippen LogP contribution in [0, 0.1) is 0 Å². The molecule has 0 atom stereocenters. The molecule has 0 fully saturated rings. The van der Waals surface area contributed by atoms with Crippen LogP contribution in [0.5, 0.6) is 5.75 Å². The smallest absolute Gasteiger partial charge is 0.192 e. The Morgan fingerprint density at radius 2 is 1.41 bits per heavy atom. The quantitative estimate of drug-likeness (QED) is 0.566. The molecule has 0 saturated heterocycles. The van der Waals surface area contributed by atoms with Crippen molar-refractivity contribution < 1.29 is 9.16 Å². The molecule has 17 heavy (non-hydrogen) atoms. The Bertz CT molecular complexity index is 375. The molecule has 0 radical (unpaired) electrons. The molecule has 0 aliphatic heterocycles. The fourth-order valence-electron chi connectivity index (χ4n) is 1.50. The summed E-state index contributed by atoms with van der Waals surface area (Å²) in [5.74, 6) is 0.900. The van der Waals surface area contributed by atoms with Crippen molar-refractivity contribution in [2.45, 2.75) is 0 Å². The van der Waals surface area contributed by atoms with Gasteiger partial charge in [0, 0.05) is 0 Å². The summed E-state index contributed by atoms with van der Waals surface area (Å²) < 4.78 is 11.2. The largest absolute Gasteiger partial charge is 0.491 e. The molecule has 0 unspecified atom stereocenters. The zero-order valence-electron chi connectivity index (χ0n) is 9.71. The van der Waals surface area contributed by atoms with Crippen LogP contribution in [0.25, 0.3) is 0 Å². The Balaban J connectivity index is 1.61. The van der Waals surface area contributed by atoms with Crippen LogP contribution < -0.4 is 9.92 Å². The third-order valence-corrected chi connectivity index (χ3v) is 3.65. The van der Waals surface area contributed by atoms with Gasteiger partial charge >= 0.3 is 0 Å². The van der Waals surface area contributed by atoms with Crippen LogP contribution in [0.4, 0.5) is 0 Å². The highest BCUT2D eigenvalue weighted by atomic mass is 28.2. The van der Waals surface area contributed by atoms with E-state index in [1.54, 1.807) is 0 Å². The molecule has 0 aliphatic rings. The first kappa shape index (κ1) is 11.9.